The van der Waals surface area contributed by atoms with Crippen molar-refractivity contribution in [2.45, 2.75) is 114 Å². The van der Waals surface area contributed by atoms with Gasteiger partial charge in [-0.05, 0) is 149 Å². The summed E-state index contributed by atoms with van der Waals surface area (Å²) in [6, 6.07) is 5.19. The highest BCUT2D eigenvalue weighted by Gasteiger charge is 2.35. The highest BCUT2D eigenvalue weighted by Crippen LogP contribution is 2.38. The van der Waals surface area contributed by atoms with Crippen LogP contribution in [0.15, 0.2) is 91.7 Å². The fourth-order valence-corrected chi connectivity index (χ4v) is 6.10. The van der Waals surface area contributed by atoms with E-state index in [4.69, 9.17) is 4.42 Å². The molecular formula is C44H54O7. The average molecular weight is 695 g/mol. The minimum atomic E-state index is -0.713. The molecule has 2 aromatic rings. The maximum absolute atomic E-state index is 13.3. The Bertz CT molecular complexity index is 1860. The van der Waals surface area contributed by atoms with E-state index >= 15 is 0 Å². The van der Waals surface area contributed by atoms with E-state index in [0.29, 0.717) is 42.8 Å². The highest BCUT2D eigenvalue weighted by molar-refractivity contribution is 6.52. The third-order valence-electron chi connectivity index (χ3n) is 8.81. The van der Waals surface area contributed by atoms with Crippen molar-refractivity contribution < 1.29 is 34.1 Å². The smallest absolute Gasteiger partial charge is 0.233 e. The number of hydrogen-bond acceptors (Lipinski definition) is 7. The van der Waals surface area contributed by atoms with Crippen LogP contribution in [-0.2, 0) is 27.2 Å². The second kappa shape index (κ2) is 18.4. The van der Waals surface area contributed by atoms with E-state index in [1.165, 1.54) is 0 Å². The number of ketones is 3. The summed E-state index contributed by atoms with van der Waals surface area (Å²) < 4.78 is 6.27. The molecule has 0 spiro atoms. The first-order valence-corrected chi connectivity index (χ1v) is 17.6. The first-order chi connectivity index (χ1) is 24.0. The summed E-state index contributed by atoms with van der Waals surface area (Å²) in [7, 11) is 0. The van der Waals surface area contributed by atoms with Crippen LogP contribution in [0, 0.1) is 6.92 Å². The van der Waals surface area contributed by atoms with Gasteiger partial charge in [-0.2, -0.15) is 0 Å². The zero-order valence-corrected chi connectivity index (χ0v) is 31.8. The predicted molar refractivity (Wildman–Crippen MR) is 206 cm³/mol. The van der Waals surface area contributed by atoms with Gasteiger partial charge in [0.05, 0.1) is 5.57 Å². The van der Waals surface area contributed by atoms with Crippen LogP contribution >= 0.6 is 0 Å². The minimum absolute atomic E-state index is 0.0477. The van der Waals surface area contributed by atoms with Gasteiger partial charge >= 0.3 is 0 Å². The lowest BCUT2D eigenvalue weighted by molar-refractivity contribution is -0.132. The zero-order chi connectivity index (χ0) is 38.0. The maximum atomic E-state index is 13.3. The Morgan fingerprint density at radius 3 is 2.02 bits per heavy atom. The Morgan fingerprint density at radius 1 is 0.765 bits per heavy atom. The molecule has 1 aromatic heterocycles. The second-order valence-corrected chi connectivity index (χ2v) is 14.3. The number of furan rings is 1. The molecule has 0 fully saturated rings. The number of benzene rings is 1. The summed E-state index contributed by atoms with van der Waals surface area (Å²) in [5.74, 6) is -0.403. The van der Waals surface area contributed by atoms with Gasteiger partial charge in [0.1, 0.15) is 28.8 Å². The van der Waals surface area contributed by atoms with Crippen LogP contribution in [-0.4, -0.2) is 32.7 Å². The van der Waals surface area contributed by atoms with Gasteiger partial charge in [-0.15, -0.1) is 0 Å². The van der Waals surface area contributed by atoms with Crippen molar-refractivity contribution in [1.82, 2.24) is 0 Å². The van der Waals surface area contributed by atoms with E-state index in [1.54, 1.807) is 25.1 Å². The number of rotatable bonds is 16. The molecule has 0 atom stereocenters. The summed E-state index contributed by atoms with van der Waals surface area (Å²) in [5.41, 5.74) is 7.64. The quantitative estimate of drug-likeness (QED) is 0.0691. The lowest BCUT2D eigenvalue weighted by atomic mass is 9.85. The van der Waals surface area contributed by atoms with Crippen molar-refractivity contribution >= 4 is 29.0 Å². The summed E-state index contributed by atoms with van der Waals surface area (Å²) in [4.78, 5) is 38.5. The van der Waals surface area contributed by atoms with Crippen molar-refractivity contribution in [2.75, 3.05) is 0 Å². The number of aliphatic hydroxyl groups excluding tert-OH is 1. The molecule has 1 aliphatic rings. The number of carbonyl (C=O) groups excluding carboxylic acids is 3. The molecular weight excluding hydrogens is 640 g/mol. The number of Topliss-reactive ketones (excluding diaryl/α,β-unsaturated/α-hetero) is 2. The fourth-order valence-electron chi connectivity index (χ4n) is 6.10. The number of aryl methyl sites for hydroxylation is 2. The molecule has 0 saturated heterocycles. The Kier molecular flexibility index (Phi) is 14.6. The lowest BCUT2D eigenvalue weighted by Gasteiger charge is -2.19. The van der Waals surface area contributed by atoms with Crippen molar-refractivity contribution in [3.05, 3.63) is 115 Å². The number of phenols is 2. The molecule has 0 aliphatic heterocycles. The zero-order valence-electron chi connectivity index (χ0n) is 31.8. The van der Waals surface area contributed by atoms with Gasteiger partial charge in [0, 0.05) is 23.1 Å². The molecule has 0 amide bonds. The topological polar surface area (TPSA) is 125 Å². The van der Waals surface area contributed by atoms with Crippen molar-refractivity contribution in [3.63, 3.8) is 0 Å². The van der Waals surface area contributed by atoms with Crippen LogP contribution in [0.5, 0.6) is 11.5 Å². The number of carbonyl (C=O) groups is 3. The Morgan fingerprint density at radius 2 is 1.39 bits per heavy atom. The fraction of sp³-hybridized carbons (Fsp3) is 0.386. The maximum Gasteiger partial charge on any atom is 0.233 e. The van der Waals surface area contributed by atoms with Crippen LogP contribution < -0.4 is 0 Å². The van der Waals surface area contributed by atoms with Gasteiger partial charge in [0.25, 0.3) is 0 Å². The first-order valence-electron chi connectivity index (χ1n) is 17.6. The predicted octanol–water partition coefficient (Wildman–Crippen LogP) is 10.7. The van der Waals surface area contributed by atoms with E-state index < -0.39 is 11.6 Å². The molecule has 1 heterocycles. The van der Waals surface area contributed by atoms with Crippen LogP contribution in [0.1, 0.15) is 122 Å². The van der Waals surface area contributed by atoms with E-state index in [0.717, 1.165) is 58.3 Å². The molecule has 1 aliphatic carbocycles. The monoisotopic (exact) mass is 694 g/mol. The van der Waals surface area contributed by atoms with Crippen LogP contribution in [0.25, 0.3) is 11.6 Å². The van der Waals surface area contributed by atoms with Crippen molar-refractivity contribution in [3.8, 4) is 11.5 Å². The summed E-state index contributed by atoms with van der Waals surface area (Å²) in [5, 5.41) is 32.1. The standard InChI is InChI=1S/C44H54O7/c1-26(2)20-34(45)22-30(7)14-10-12-28(5)17-19-37-42(49)40(32(9)41(48)43(37)50)44-33(25-35(51-44)21-27(3)4)15-11-13-29(6)16-18-36-38(46)23-31(8)24-39(36)47/h14,16-17,20-21,23-25,46-47,49H,10-13,15,18-19,22H2,1-9H3/b28-17+,29-16-,30-14+. The molecule has 0 radical (unpaired) electrons. The van der Waals surface area contributed by atoms with Crippen LogP contribution in [0.3, 0.4) is 0 Å². The van der Waals surface area contributed by atoms with Crippen molar-refractivity contribution in [1.29, 1.82) is 0 Å². The summed E-state index contributed by atoms with van der Waals surface area (Å²) in [6.45, 7) is 17.0. The summed E-state index contributed by atoms with van der Waals surface area (Å²) in [6.07, 6.45) is 13.9. The van der Waals surface area contributed by atoms with E-state index in [-0.39, 0.29) is 46.2 Å². The molecule has 3 N–H and O–H groups in total. The molecule has 0 saturated carbocycles. The number of aliphatic hydroxyl groups is 1. The van der Waals surface area contributed by atoms with Crippen LogP contribution in [0.2, 0.25) is 0 Å². The van der Waals surface area contributed by atoms with E-state index in [9.17, 15) is 29.7 Å². The number of aromatic hydroxyl groups is 2. The van der Waals surface area contributed by atoms with Gasteiger partial charge < -0.3 is 19.7 Å². The average Bonchev–Trinajstić information content (AvgIpc) is 3.39. The van der Waals surface area contributed by atoms with Gasteiger partial charge in [-0.25, -0.2) is 0 Å². The molecule has 3 rings (SSSR count). The van der Waals surface area contributed by atoms with Crippen molar-refractivity contribution in [2.24, 2.45) is 0 Å². The second-order valence-electron chi connectivity index (χ2n) is 14.3. The normalized spacial score (nSPS) is 14.4. The van der Waals surface area contributed by atoms with E-state index in [1.807, 2.05) is 85.8 Å². The Labute approximate surface area is 303 Å². The SMILES string of the molecule is CC(C)=CC(=O)C/C(C)=C/CC/C(C)=C/CC1=C(O)C(c2oc(C=C(C)C)cc2CCC/C(C)=C\Cc2c(O)cc(C)cc2O)=C(C)C(=O)C1=O. The molecule has 51 heavy (non-hydrogen) atoms. The number of hydrogen-bond donors (Lipinski definition) is 3. The minimum Gasteiger partial charge on any atom is -0.508 e. The number of allylic oxidation sites excluding steroid dienone is 12. The van der Waals surface area contributed by atoms with Crippen LogP contribution in [0.4, 0.5) is 0 Å². The molecule has 7 nitrogen and oxygen atoms in total. The third kappa shape index (κ3) is 11.6. The van der Waals surface area contributed by atoms with Gasteiger partial charge in [-0.3, -0.25) is 14.4 Å². The largest absolute Gasteiger partial charge is 0.508 e. The molecule has 0 unspecified atom stereocenters. The number of phenolic OH excluding ortho intramolecular Hbond substituents is 2. The Hall–Kier alpha value is -4.91. The van der Waals surface area contributed by atoms with Gasteiger partial charge in [0.2, 0.25) is 11.6 Å². The van der Waals surface area contributed by atoms with E-state index in [2.05, 4.69) is 0 Å². The van der Waals surface area contributed by atoms with Gasteiger partial charge in [0.15, 0.2) is 5.78 Å². The molecule has 0 bridgehead atoms. The molecule has 272 valence electrons. The first kappa shape index (κ1) is 40.5. The third-order valence-corrected chi connectivity index (χ3v) is 8.81. The highest BCUT2D eigenvalue weighted by atomic mass is 16.3. The molecule has 7 heteroatoms. The molecule has 1 aromatic carbocycles. The Balaban J connectivity index is 1.82. The summed E-state index contributed by atoms with van der Waals surface area (Å²) >= 11 is 0. The lowest BCUT2D eigenvalue weighted by Crippen LogP contribution is -2.25. The van der Waals surface area contributed by atoms with Gasteiger partial charge in [-0.1, -0.05) is 46.1 Å².